The van der Waals surface area contributed by atoms with Gasteiger partial charge in [0.15, 0.2) is 11.5 Å². The van der Waals surface area contributed by atoms with Crippen LogP contribution >= 0.6 is 0 Å². The van der Waals surface area contributed by atoms with Crippen LogP contribution < -0.4 is 20.8 Å². The van der Waals surface area contributed by atoms with Crippen LogP contribution in [0, 0.1) is 0 Å². The maximum absolute atomic E-state index is 13.7. The van der Waals surface area contributed by atoms with Crippen molar-refractivity contribution in [2.75, 3.05) is 71.4 Å². The zero-order valence-electron chi connectivity index (χ0n) is 24.4. The number of hydrogen-bond donors (Lipinski definition) is 2. The van der Waals surface area contributed by atoms with Gasteiger partial charge in [-0.15, -0.1) is 0 Å². The number of amides is 1. The van der Waals surface area contributed by atoms with Crippen molar-refractivity contribution in [1.29, 1.82) is 0 Å². The smallest absolute Gasteiger partial charge is 0.256 e. The average Bonchev–Trinajstić information content (AvgIpc) is 3.53. The topological polar surface area (TPSA) is 88.1 Å². The summed E-state index contributed by atoms with van der Waals surface area (Å²) in [5.41, 5.74) is 2.11. The van der Waals surface area contributed by atoms with E-state index in [2.05, 4.69) is 45.6 Å². The minimum Gasteiger partial charge on any atom is -0.451 e. The molecule has 9 nitrogen and oxygen atoms in total. The minimum absolute atomic E-state index is 0.115. The molecule has 2 aliphatic heterocycles. The van der Waals surface area contributed by atoms with Crippen molar-refractivity contribution in [1.82, 2.24) is 19.7 Å². The van der Waals surface area contributed by atoms with Crippen LogP contribution in [0.1, 0.15) is 30.1 Å². The molecule has 1 amide bonds. The second-order valence-electron chi connectivity index (χ2n) is 11.0. The summed E-state index contributed by atoms with van der Waals surface area (Å²) in [6.45, 7) is 9.45. The van der Waals surface area contributed by atoms with E-state index in [0.29, 0.717) is 42.1 Å². The van der Waals surface area contributed by atoms with Crippen molar-refractivity contribution < 1.29 is 14.3 Å². The van der Waals surface area contributed by atoms with E-state index >= 15 is 0 Å². The van der Waals surface area contributed by atoms with Crippen LogP contribution in [0.25, 0.3) is 27.4 Å². The molecule has 220 valence electrons. The van der Waals surface area contributed by atoms with Crippen molar-refractivity contribution >= 4 is 33.3 Å². The van der Waals surface area contributed by atoms with Crippen LogP contribution in [0.15, 0.2) is 59.5 Å². The number of likely N-dealkylation sites (N-methyl/N-ethyl adjacent to an activating group) is 1. The Labute approximate surface area is 246 Å². The molecule has 0 aliphatic carbocycles. The maximum atomic E-state index is 13.7. The Balaban J connectivity index is 1.36. The second-order valence-corrected chi connectivity index (χ2v) is 11.0. The van der Waals surface area contributed by atoms with E-state index < -0.39 is 0 Å². The van der Waals surface area contributed by atoms with E-state index in [0.717, 1.165) is 61.4 Å². The van der Waals surface area contributed by atoms with Gasteiger partial charge in [0.05, 0.1) is 23.4 Å². The highest BCUT2D eigenvalue weighted by Gasteiger charge is 2.27. The normalized spacial score (nSPS) is 14.4. The van der Waals surface area contributed by atoms with Gasteiger partial charge in [-0.1, -0.05) is 31.2 Å². The zero-order valence-corrected chi connectivity index (χ0v) is 24.4. The van der Waals surface area contributed by atoms with Crippen molar-refractivity contribution in [2.45, 2.75) is 19.8 Å². The number of hydrogen-bond acceptors (Lipinski definition) is 7. The van der Waals surface area contributed by atoms with E-state index in [1.54, 1.807) is 13.3 Å². The van der Waals surface area contributed by atoms with Crippen LogP contribution in [-0.2, 0) is 4.74 Å². The quantitative estimate of drug-likeness (QED) is 0.230. The first kappa shape index (κ1) is 28.2. The number of benzene rings is 3. The number of likely N-dealkylation sites (tertiary alicyclic amines) is 1. The molecular formula is C33H39N5O4. The lowest BCUT2D eigenvalue weighted by Gasteiger charge is -2.27. The lowest BCUT2D eigenvalue weighted by molar-refractivity contribution is 0.0943. The molecule has 3 aromatic carbocycles. The molecule has 1 saturated heterocycles. The van der Waals surface area contributed by atoms with E-state index in [9.17, 15) is 9.59 Å². The molecule has 3 heterocycles. The third-order valence-corrected chi connectivity index (χ3v) is 8.38. The molecule has 2 N–H and O–H groups in total. The number of fused-ring (bicyclic) bond motifs is 3. The molecule has 2 aliphatic rings. The zero-order chi connectivity index (χ0) is 29.1. The molecule has 6 rings (SSSR count). The van der Waals surface area contributed by atoms with Gasteiger partial charge < -0.3 is 29.6 Å². The standard InChI is InChI=1S/C33H39N5O4/c1-3-36(18-19-41-2)16-13-35-33(40)26-22-38-28-20-23-8-4-5-9-24(23)21-29(28)42-32-27(11-10-25(30(32)38)31(26)39)34-12-17-37-14-6-7-15-37/h4-5,8-11,20-22,34H,3,6-7,12-19H2,1-2H3,(H,35,40). The fraction of sp³-hybridized carbons (Fsp3) is 0.394. The average molecular weight is 570 g/mol. The number of pyridine rings is 1. The van der Waals surface area contributed by atoms with Gasteiger partial charge in [0, 0.05) is 46.0 Å². The molecule has 0 bridgehead atoms. The molecule has 1 fully saturated rings. The summed E-state index contributed by atoms with van der Waals surface area (Å²) in [6.07, 6.45) is 4.18. The van der Waals surface area contributed by atoms with E-state index in [-0.39, 0.29) is 16.9 Å². The summed E-state index contributed by atoms with van der Waals surface area (Å²) in [4.78, 5) is 31.8. The minimum atomic E-state index is -0.378. The van der Waals surface area contributed by atoms with Crippen LogP contribution in [0.4, 0.5) is 5.69 Å². The van der Waals surface area contributed by atoms with E-state index in [1.165, 1.54) is 12.8 Å². The summed E-state index contributed by atoms with van der Waals surface area (Å²) in [5, 5.41) is 9.09. The molecule has 0 atom stereocenters. The molecule has 9 heteroatoms. The van der Waals surface area contributed by atoms with Crippen molar-refractivity contribution in [3.8, 4) is 17.2 Å². The third kappa shape index (κ3) is 5.60. The number of methoxy groups -OCH3 is 1. The number of aromatic nitrogens is 1. The largest absolute Gasteiger partial charge is 0.451 e. The fourth-order valence-corrected chi connectivity index (χ4v) is 6.00. The third-order valence-electron chi connectivity index (χ3n) is 8.38. The fourth-order valence-electron chi connectivity index (χ4n) is 6.00. The molecule has 0 saturated carbocycles. The maximum Gasteiger partial charge on any atom is 0.256 e. The van der Waals surface area contributed by atoms with E-state index in [4.69, 9.17) is 9.47 Å². The van der Waals surface area contributed by atoms with Gasteiger partial charge >= 0.3 is 0 Å². The highest BCUT2D eigenvalue weighted by Crippen LogP contribution is 2.45. The Hall–Kier alpha value is -3.92. The van der Waals surface area contributed by atoms with Gasteiger partial charge in [0.2, 0.25) is 5.43 Å². The summed E-state index contributed by atoms with van der Waals surface area (Å²) in [7, 11) is 1.68. The van der Waals surface area contributed by atoms with Crippen molar-refractivity contribution in [2.24, 2.45) is 0 Å². The van der Waals surface area contributed by atoms with Crippen molar-refractivity contribution in [3.05, 3.63) is 70.5 Å². The molecule has 42 heavy (non-hydrogen) atoms. The number of nitrogens with one attached hydrogen (secondary N) is 2. The first-order valence-corrected chi connectivity index (χ1v) is 15.0. The van der Waals surface area contributed by atoms with Crippen LogP contribution in [0.5, 0.6) is 11.5 Å². The summed E-state index contributed by atoms with van der Waals surface area (Å²) < 4.78 is 13.7. The summed E-state index contributed by atoms with van der Waals surface area (Å²) in [5.74, 6) is 0.914. The molecule has 1 aromatic heterocycles. The molecule has 0 radical (unpaired) electrons. The van der Waals surface area contributed by atoms with Gasteiger partial charge in [-0.05, 0) is 67.5 Å². The number of carbonyl (C=O) groups excluding carboxylic acids is 1. The SMILES string of the molecule is CCN(CCNC(=O)c1cn2c3c(c(NCCN4CCCC4)ccc3c1=O)Oc1cc3ccccc3cc1-2)CCOC. The number of anilines is 1. The summed E-state index contributed by atoms with van der Waals surface area (Å²) >= 11 is 0. The number of nitrogens with zero attached hydrogens (tertiary/aromatic N) is 3. The summed E-state index contributed by atoms with van der Waals surface area (Å²) in [6, 6.07) is 15.9. The Kier molecular flexibility index (Phi) is 8.41. The predicted octanol–water partition coefficient (Wildman–Crippen LogP) is 4.46. The lowest BCUT2D eigenvalue weighted by Crippen LogP contribution is -2.38. The lowest BCUT2D eigenvalue weighted by atomic mass is 10.0. The Bertz CT molecular complexity index is 1660. The Morgan fingerprint density at radius 2 is 1.83 bits per heavy atom. The van der Waals surface area contributed by atoms with Crippen LogP contribution in [0.3, 0.4) is 0 Å². The van der Waals surface area contributed by atoms with Gasteiger partial charge in [-0.2, -0.15) is 0 Å². The van der Waals surface area contributed by atoms with Gasteiger partial charge in [0.25, 0.3) is 5.91 Å². The Morgan fingerprint density at radius 3 is 2.60 bits per heavy atom. The predicted molar refractivity (Wildman–Crippen MR) is 168 cm³/mol. The molecular weight excluding hydrogens is 530 g/mol. The van der Waals surface area contributed by atoms with Crippen LogP contribution in [-0.4, -0.2) is 86.3 Å². The number of carbonyl (C=O) groups is 1. The van der Waals surface area contributed by atoms with Gasteiger partial charge in [-0.3, -0.25) is 14.5 Å². The highest BCUT2D eigenvalue weighted by molar-refractivity contribution is 6.01. The molecule has 0 spiro atoms. The first-order valence-electron chi connectivity index (χ1n) is 15.0. The van der Waals surface area contributed by atoms with E-state index in [1.807, 2.05) is 34.9 Å². The molecule has 0 unspecified atom stereocenters. The van der Waals surface area contributed by atoms with Crippen molar-refractivity contribution in [3.63, 3.8) is 0 Å². The van der Waals surface area contributed by atoms with Crippen LogP contribution in [0.2, 0.25) is 0 Å². The Morgan fingerprint density at radius 1 is 1.05 bits per heavy atom. The highest BCUT2D eigenvalue weighted by atomic mass is 16.5. The number of ether oxygens (including phenoxy) is 2. The molecule has 4 aromatic rings. The van der Waals surface area contributed by atoms with Gasteiger partial charge in [0.1, 0.15) is 11.1 Å². The second kappa shape index (κ2) is 12.5. The monoisotopic (exact) mass is 569 g/mol. The van der Waals surface area contributed by atoms with Gasteiger partial charge in [-0.25, -0.2) is 0 Å². The number of rotatable bonds is 12. The first-order chi connectivity index (χ1) is 20.6.